The lowest BCUT2D eigenvalue weighted by Crippen LogP contribution is -2.51. The number of rotatable bonds is 3. The van der Waals surface area contributed by atoms with Crippen molar-refractivity contribution in [2.75, 3.05) is 4.43 Å². The lowest BCUT2D eigenvalue weighted by atomic mass is 9.47. The van der Waals surface area contributed by atoms with Crippen molar-refractivity contribution in [3.63, 3.8) is 0 Å². The van der Waals surface area contributed by atoms with Gasteiger partial charge in [-0.25, -0.2) is 0 Å². The predicted octanol–water partition coefficient (Wildman–Crippen LogP) is 6.78. The number of hydrogen-bond donors (Lipinski definition) is 1. The molecule has 0 spiro atoms. The summed E-state index contributed by atoms with van der Waals surface area (Å²) in [7, 11) is 0. The Balaban J connectivity index is 1.63. The van der Waals surface area contributed by atoms with Crippen LogP contribution in [0.4, 0.5) is 0 Å². The number of alkyl halides is 1. The minimum Gasteiger partial charge on any atom is -0.390 e. The summed E-state index contributed by atoms with van der Waals surface area (Å²) in [6.07, 6.45) is 13.9. The molecule has 148 valence electrons. The van der Waals surface area contributed by atoms with Crippen molar-refractivity contribution in [3.8, 4) is 0 Å². The molecule has 4 aliphatic carbocycles. The molecule has 0 aliphatic heterocycles. The van der Waals surface area contributed by atoms with E-state index in [0.29, 0.717) is 16.7 Å². The maximum atomic E-state index is 10.9. The quantitative estimate of drug-likeness (QED) is 0.274. The molecule has 3 saturated carbocycles. The summed E-state index contributed by atoms with van der Waals surface area (Å²) in [5.74, 6) is 4.25. The Morgan fingerprint density at radius 2 is 1.96 bits per heavy atom. The van der Waals surface area contributed by atoms with Gasteiger partial charge in [-0.2, -0.15) is 0 Å². The van der Waals surface area contributed by atoms with Crippen LogP contribution >= 0.6 is 22.6 Å². The van der Waals surface area contributed by atoms with Gasteiger partial charge in [0.25, 0.3) is 0 Å². The van der Waals surface area contributed by atoms with E-state index in [1.54, 1.807) is 0 Å². The second-order valence-corrected chi connectivity index (χ2v) is 11.8. The van der Waals surface area contributed by atoms with Crippen LogP contribution in [0.2, 0.25) is 0 Å². The average Bonchev–Trinajstić information content (AvgIpc) is 2.99. The number of hydrogen-bond acceptors (Lipinski definition) is 1. The first kappa shape index (κ1) is 19.7. The zero-order valence-corrected chi connectivity index (χ0v) is 19.5. The second-order valence-electron chi connectivity index (χ2n) is 10.9. The Morgan fingerprint density at radius 1 is 1.19 bits per heavy atom. The molecule has 0 radical (unpaired) electrons. The molecular formula is C24H39IO. The first-order chi connectivity index (χ1) is 12.3. The summed E-state index contributed by atoms with van der Waals surface area (Å²) in [6, 6.07) is 0. The maximum absolute atomic E-state index is 10.9. The van der Waals surface area contributed by atoms with E-state index in [4.69, 9.17) is 0 Å². The largest absolute Gasteiger partial charge is 0.390 e. The summed E-state index contributed by atoms with van der Waals surface area (Å²) in [5, 5.41) is 10.9. The van der Waals surface area contributed by atoms with Crippen LogP contribution in [0.15, 0.2) is 11.6 Å². The van der Waals surface area contributed by atoms with E-state index in [1.165, 1.54) is 43.0 Å². The van der Waals surface area contributed by atoms with Crippen LogP contribution in [0, 0.1) is 40.4 Å². The third-order valence-electron chi connectivity index (χ3n) is 9.84. The Hall–Kier alpha value is 0.430. The fourth-order valence-electron chi connectivity index (χ4n) is 8.00. The molecule has 0 unspecified atom stereocenters. The van der Waals surface area contributed by atoms with Gasteiger partial charge in [-0.15, -0.1) is 0 Å². The van der Waals surface area contributed by atoms with E-state index in [1.807, 2.05) is 5.57 Å². The van der Waals surface area contributed by atoms with Crippen LogP contribution in [0.3, 0.4) is 0 Å². The third kappa shape index (κ3) is 2.78. The molecule has 0 aromatic rings. The number of fused-ring (bicyclic) bond motifs is 5. The fraction of sp³-hybridized carbons (Fsp3) is 0.917. The zero-order valence-electron chi connectivity index (χ0n) is 17.4. The third-order valence-corrected chi connectivity index (χ3v) is 11.2. The van der Waals surface area contributed by atoms with E-state index in [-0.39, 0.29) is 5.60 Å². The molecule has 26 heavy (non-hydrogen) atoms. The Morgan fingerprint density at radius 3 is 2.65 bits per heavy atom. The molecule has 0 aromatic carbocycles. The molecule has 1 nitrogen and oxygen atoms in total. The molecule has 1 N–H and O–H groups in total. The van der Waals surface area contributed by atoms with E-state index >= 15 is 0 Å². The van der Waals surface area contributed by atoms with Gasteiger partial charge in [0.2, 0.25) is 0 Å². The molecule has 0 saturated heterocycles. The van der Waals surface area contributed by atoms with Crippen LogP contribution in [-0.2, 0) is 0 Å². The minimum atomic E-state index is -0.380. The van der Waals surface area contributed by atoms with Gasteiger partial charge >= 0.3 is 0 Å². The van der Waals surface area contributed by atoms with Gasteiger partial charge in [0, 0.05) is 4.43 Å². The monoisotopic (exact) mass is 470 g/mol. The van der Waals surface area contributed by atoms with Crippen molar-refractivity contribution in [1.29, 1.82) is 0 Å². The predicted molar refractivity (Wildman–Crippen MR) is 118 cm³/mol. The molecule has 0 heterocycles. The molecule has 4 rings (SSSR count). The van der Waals surface area contributed by atoms with Gasteiger partial charge in [0.15, 0.2) is 0 Å². The highest BCUT2D eigenvalue weighted by Gasteiger charge is 2.58. The minimum absolute atomic E-state index is 0.374. The van der Waals surface area contributed by atoms with Gasteiger partial charge in [-0.1, -0.05) is 61.9 Å². The van der Waals surface area contributed by atoms with Crippen molar-refractivity contribution >= 4 is 22.6 Å². The molecule has 3 fully saturated rings. The van der Waals surface area contributed by atoms with Crippen molar-refractivity contribution in [3.05, 3.63) is 11.6 Å². The molecule has 8 atom stereocenters. The molecule has 0 amide bonds. The summed E-state index contributed by atoms with van der Waals surface area (Å²) in [6.45, 7) is 9.87. The number of allylic oxidation sites excluding steroid dienone is 2. The van der Waals surface area contributed by atoms with Crippen molar-refractivity contribution in [2.24, 2.45) is 40.4 Å². The Labute approximate surface area is 174 Å². The fourth-order valence-corrected chi connectivity index (χ4v) is 8.61. The summed E-state index contributed by atoms with van der Waals surface area (Å²) in [4.78, 5) is 0. The van der Waals surface area contributed by atoms with Crippen LogP contribution < -0.4 is 0 Å². The van der Waals surface area contributed by atoms with Crippen molar-refractivity contribution in [2.45, 2.75) is 91.1 Å². The average molecular weight is 470 g/mol. The highest BCUT2D eigenvalue weighted by atomic mass is 127. The first-order valence-corrected chi connectivity index (χ1v) is 12.8. The second kappa shape index (κ2) is 6.75. The molecule has 4 aliphatic rings. The van der Waals surface area contributed by atoms with Crippen LogP contribution in [-0.4, -0.2) is 15.1 Å². The Kier molecular flexibility index (Phi) is 5.12. The lowest BCUT2D eigenvalue weighted by molar-refractivity contribution is -0.0768. The number of aliphatic hydroxyl groups is 1. The molecular weight excluding hydrogens is 431 g/mol. The number of halogens is 1. The molecule has 2 heteroatoms. The van der Waals surface area contributed by atoms with Gasteiger partial charge in [0.05, 0.1) is 5.60 Å². The van der Waals surface area contributed by atoms with Crippen LogP contribution in [0.5, 0.6) is 0 Å². The topological polar surface area (TPSA) is 20.2 Å². The molecule has 0 aromatic heterocycles. The van der Waals surface area contributed by atoms with Crippen LogP contribution in [0.1, 0.15) is 85.5 Å². The van der Waals surface area contributed by atoms with E-state index < -0.39 is 0 Å². The van der Waals surface area contributed by atoms with Gasteiger partial charge in [-0.3, -0.25) is 0 Å². The van der Waals surface area contributed by atoms with Crippen LogP contribution in [0.25, 0.3) is 0 Å². The highest BCUT2D eigenvalue weighted by Crippen LogP contribution is 2.67. The summed E-state index contributed by atoms with van der Waals surface area (Å²) in [5.41, 5.74) is 2.37. The van der Waals surface area contributed by atoms with Gasteiger partial charge in [-0.05, 0) is 98.2 Å². The zero-order chi connectivity index (χ0) is 18.7. The normalized spacial score (nSPS) is 51.8. The molecule has 0 bridgehead atoms. The summed E-state index contributed by atoms with van der Waals surface area (Å²) < 4.78 is 1.31. The van der Waals surface area contributed by atoms with E-state index in [9.17, 15) is 5.11 Å². The highest BCUT2D eigenvalue weighted by molar-refractivity contribution is 14.1. The summed E-state index contributed by atoms with van der Waals surface area (Å²) >= 11 is 2.60. The standard InChI is InChI=1S/C24H39IO/c1-5-24(26)13-12-22(3)17(14-24)6-7-18-20-9-8-19(16(2)15-25)23(20,4)11-10-21(18)22/h10,16-20,26H,5-9,11-15H2,1-4H3/t16-,17+,18+,19-,20+,22+,23-,24+/m1/s1. The van der Waals surface area contributed by atoms with Crippen molar-refractivity contribution < 1.29 is 5.11 Å². The lowest BCUT2D eigenvalue weighted by Gasteiger charge is -2.58. The van der Waals surface area contributed by atoms with Gasteiger partial charge < -0.3 is 5.11 Å². The first-order valence-electron chi connectivity index (χ1n) is 11.3. The van der Waals surface area contributed by atoms with Gasteiger partial charge in [0.1, 0.15) is 0 Å². The van der Waals surface area contributed by atoms with E-state index in [2.05, 4.69) is 56.4 Å². The smallest absolute Gasteiger partial charge is 0.0648 e. The van der Waals surface area contributed by atoms with Crippen molar-refractivity contribution in [1.82, 2.24) is 0 Å². The Bertz CT molecular complexity index is 585. The SMILES string of the molecule is CC[C@]1(O)CC[C@]2(C)C3=CC[C@]4(C)[C@@H]([C@H](C)CI)CC[C@H]4[C@@H]3CC[C@H]2C1. The van der Waals surface area contributed by atoms with E-state index in [0.717, 1.165) is 42.9 Å². The maximum Gasteiger partial charge on any atom is 0.0648 e.